The second-order valence-electron chi connectivity index (χ2n) is 9.82. The zero-order valence-electron chi connectivity index (χ0n) is 21.0. The lowest BCUT2D eigenvalue weighted by molar-refractivity contribution is -0.118. The van der Waals surface area contributed by atoms with Gasteiger partial charge in [-0.1, -0.05) is 54.6 Å². The van der Waals surface area contributed by atoms with E-state index >= 15 is 0 Å². The Hall–Kier alpha value is -3.79. The number of hydrogen-bond donors (Lipinski definition) is 2. The van der Waals surface area contributed by atoms with Crippen LogP contribution in [0.25, 0.3) is 0 Å². The number of thioether (sulfide) groups is 1. The van der Waals surface area contributed by atoms with Crippen LogP contribution in [0.3, 0.4) is 0 Å². The van der Waals surface area contributed by atoms with Crippen LogP contribution in [0.2, 0.25) is 5.02 Å². The maximum absolute atomic E-state index is 13.6. The molecule has 4 heterocycles. The standard InChI is InChI=1S/C26H23ClN8O2S2/c1-26(2)8-17-22(18(36)9-26)21(14-4-3-7-30-11-14)16(10-28)23(29)35(17)24-33-34-25(39-24)38-13-20(37)32-19-6-5-15(27)12-31-19/h3-7,11-12,21H,8-9,13,29H2,1-2H3,(H,31,32,37). The van der Waals surface area contributed by atoms with Gasteiger partial charge in [0, 0.05) is 36.3 Å². The van der Waals surface area contributed by atoms with Gasteiger partial charge >= 0.3 is 0 Å². The van der Waals surface area contributed by atoms with Gasteiger partial charge in [0.1, 0.15) is 11.6 Å². The van der Waals surface area contributed by atoms with Crippen LogP contribution < -0.4 is 16.0 Å². The lowest BCUT2D eigenvalue weighted by atomic mass is 9.69. The summed E-state index contributed by atoms with van der Waals surface area (Å²) in [5.74, 6) is -0.228. The summed E-state index contributed by atoms with van der Waals surface area (Å²) < 4.78 is 0.536. The summed E-state index contributed by atoms with van der Waals surface area (Å²) in [6, 6.07) is 9.11. The van der Waals surface area contributed by atoms with Gasteiger partial charge in [0.25, 0.3) is 0 Å². The third-order valence-electron chi connectivity index (χ3n) is 6.31. The molecule has 39 heavy (non-hydrogen) atoms. The molecule has 0 aromatic carbocycles. The number of anilines is 2. The summed E-state index contributed by atoms with van der Waals surface area (Å²) in [7, 11) is 0. The number of aromatic nitrogens is 4. The number of nitriles is 1. The van der Waals surface area contributed by atoms with Crippen LogP contribution in [0.15, 0.2) is 69.9 Å². The number of carbonyl (C=O) groups is 2. The fourth-order valence-corrected chi connectivity index (χ4v) is 6.51. The van der Waals surface area contributed by atoms with Crippen LogP contribution in [0.1, 0.15) is 38.2 Å². The number of carbonyl (C=O) groups excluding carboxylic acids is 2. The van der Waals surface area contributed by atoms with Crippen molar-refractivity contribution in [3.8, 4) is 6.07 Å². The molecule has 1 aliphatic heterocycles. The number of halogens is 1. The molecule has 0 spiro atoms. The number of hydrogen-bond acceptors (Lipinski definition) is 11. The molecular formula is C26H23ClN8O2S2. The van der Waals surface area contributed by atoms with Gasteiger partial charge in [0.05, 0.1) is 28.3 Å². The molecule has 13 heteroatoms. The highest BCUT2D eigenvalue weighted by atomic mass is 35.5. The van der Waals surface area contributed by atoms with Gasteiger partial charge in [0.2, 0.25) is 11.0 Å². The summed E-state index contributed by atoms with van der Waals surface area (Å²) in [5, 5.41) is 22.3. The second kappa shape index (κ2) is 10.8. The van der Waals surface area contributed by atoms with Crippen molar-refractivity contribution < 1.29 is 9.59 Å². The van der Waals surface area contributed by atoms with Gasteiger partial charge in [-0.3, -0.25) is 19.5 Å². The molecule has 0 saturated heterocycles. The van der Waals surface area contributed by atoms with Crippen molar-refractivity contribution in [3.63, 3.8) is 0 Å². The van der Waals surface area contributed by atoms with Crippen molar-refractivity contribution >= 4 is 57.3 Å². The molecule has 1 amide bonds. The molecule has 3 aromatic rings. The third kappa shape index (κ3) is 5.52. The SMILES string of the molecule is CC1(C)CC(=O)C2=C(C1)N(c1nnc(SCC(=O)Nc3ccc(Cl)cn3)s1)C(N)=C(C#N)C2c1cccnc1. The number of Topliss-reactive ketones (excluding diaryl/α,β-unsaturated/α-hetero) is 1. The minimum Gasteiger partial charge on any atom is -0.384 e. The van der Waals surface area contributed by atoms with E-state index in [-0.39, 0.29) is 34.3 Å². The van der Waals surface area contributed by atoms with Crippen LogP contribution in [0.5, 0.6) is 0 Å². The molecule has 1 unspecified atom stereocenters. The van der Waals surface area contributed by atoms with Gasteiger partial charge in [-0.2, -0.15) is 5.26 Å². The first kappa shape index (κ1) is 26.8. The molecule has 3 N–H and O–H groups in total. The average Bonchev–Trinajstić information content (AvgIpc) is 3.36. The zero-order chi connectivity index (χ0) is 27.7. The van der Waals surface area contributed by atoms with E-state index in [9.17, 15) is 14.9 Å². The molecule has 5 rings (SSSR count). The number of pyridine rings is 2. The lowest BCUT2D eigenvalue weighted by Gasteiger charge is -2.42. The Morgan fingerprint density at radius 1 is 1.31 bits per heavy atom. The number of amides is 1. The summed E-state index contributed by atoms with van der Waals surface area (Å²) in [5.41, 5.74) is 8.55. The van der Waals surface area contributed by atoms with E-state index in [0.29, 0.717) is 44.4 Å². The molecule has 0 saturated carbocycles. The largest absolute Gasteiger partial charge is 0.384 e. The van der Waals surface area contributed by atoms with Gasteiger partial charge in [0.15, 0.2) is 10.1 Å². The van der Waals surface area contributed by atoms with E-state index < -0.39 is 5.92 Å². The van der Waals surface area contributed by atoms with E-state index in [1.807, 2.05) is 19.9 Å². The van der Waals surface area contributed by atoms with E-state index in [1.165, 1.54) is 29.3 Å². The molecule has 10 nitrogen and oxygen atoms in total. The molecular weight excluding hydrogens is 556 g/mol. The number of ketones is 1. The molecule has 0 bridgehead atoms. The number of nitrogens with zero attached hydrogens (tertiary/aromatic N) is 6. The highest BCUT2D eigenvalue weighted by molar-refractivity contribution is 8.01. The van der Waals surface area contributed by atoms with Crippen LogP contribution in [0, 0.1) is 16.7 Å². The van der Waals surface area contributed by atoms with Gasteiger partial charge in [-0.25, -0.2) is 4.98 Å². The molecule has 1 atom stereocenters. The minimum atomic E-state index is -0.606. The number of rotatable bonds is 6. The quantitative estimate of drug-likeness (QED) is 0.395. The molecule has 3 aromatic heterocycles. The minimum absolute atomic E-state index is 0.0352. The monoisotopic (exact) mass is 578 g/mol. The molecule has 1 aliphatic carbocycles. The first-order valence-corrected chi connectivity index (χ1v) is 14.1. The smallest absolute Gasteiger partial charge is 0.235 e. The van der Waals surface area contributed by atoms with Crippen molar-refractivity contribution in [1.82, 2.24) is 20.2 Å². The van der Waals surface area contributed by atoms with Crippen molar-refractivity contribution in [2.45, 2.75) is 36.9 Å². The summed E-state index contributed by atoms with van der Waals surface area (Å²) in [4.78, 5) is 35.9. The number of nitrogens with one attached hydrogen (secondary N) is 1. The fourth-order valence-electron chi connectivity index (χ4n) is 4.71. The zero-order valence-corrected chi connectivity index (χ0v) is 23.4. The summed E-state index contributed by atoms with van der Waals surface area (Å²) in [6.45, 7) is 4.06. The van der Waals surface area contributed by atoms with Crippen LogP contribution in [0.4, 0.5) is 10.9 Å². The molecule has 198 valence electrons. The molecule has 0 fully saturated rings. The van der Waals surface area contributed by atoms with Crippen molar-refractivity contribution in [1.29, 1.82) is 5.26 Å². The first-order valence-electron chi connectivity index (χ1n) is 11.9. The normalized spacial score (nSPS) is 18.6. The van der Waals surface area contributed by atoms with Gasteiger partial charge in [-0.05, 0) is 35.6 Å². The Labute approximate surface area is 238 Å². The van der Waals surface area contributed by atoms with Crippen molar-refractivity contribution in [2.24, 2.45) is 11.1 Å². The molecule has 2 aliphatic rings. The van der Waals surface area contributed by atoms with Gasteiger partial charge in [-0.15, -0.1) is 10.2 Å². The Kier molecular flexibility index (Phi) is 7.40. The summed E-state index contributed by atoms with van der Waals surface area (Å²) in [6.07, 6.45) is 5.66. The van der Waals surface area contributed by atoms with Crippen LogP contribution >= 0.6 is 34.7 Å². The maximum Gasteiger partial charge on any atom is 0.235 e. The van der Waals surface area contributed by atoms with E-state index in [2.05, 4.69) is 31.6 Å². The topological polar surface area (TPSA) is 151 Å². The second-order valence-corrected chi connectivity index (χ2v) is 12.4. The number of nitrogens with two attached hydrogens (primary N) is 1. The predicted molar refractivity (Wildman–Crippen MR) is 150 cm³/mol. The van der Waals surface area contributed by atoms with Crippen molar-refractivity contribution in [2.75, 3.05) is 16.0 Å². The molecule has 0 radical (unpaired) electrons. The van der Waals surface area contributed by atoms with E-state index in [1.54, 1.807) is 35.5 Å². The number of allylic oxidation sites excluding steroid dienone is 3. The van der Waals surface area contributed by atoms with Crippen LogP contribution in [-0.4, -0.2) is 37.6 Å². The fraction of sp³-hybridized carbons (Fsp3) is 0.269. The Bertz CT molecular complexity index is 1540. The average molecular weight is 579 g/mol. The highest BCUT2D eigenvalue weighted by Crippen LogP contribution is 2.50. The first-order chi connectivity index (χ1) is 18.7. The third-order valence-corrected chi connectivity index (χ3v) is 8.57. The maximum atomic E-state index is 13.6. The Balaban J connectivity index is 1.45. The van der Waals surface area contributed by atoms with E-state index in [0.717, 1.165) is 5.56 Å². The lowest BCUT2D eigenvalue weighted by Crippen LogP contribution is -2.42. The summed E-state index contributed by atoms with van der Waals surface area (Å²) >= 11 is 8.28. The predicted octanol–water partition coefficient (Wildman–Crippen LogP) is 4.65. The van der Waals surface area contributed by atoms with E-state index in [4.69, 9.17) is 17.3 Å². The highest BCUT2D eigenvalue weighted by Gasteiger charge is 2.45. The van der Waals surface area contributed by atoms with Crippen LogP contribution in [-0.2, 0) is 9.59 Å². The van der Waals surface area contributed by atoms with Crippen molar-refractivity contribution in [3.05, 3.63) is 76.1 Å². The Morgan fingerprint density at radius 3 is 2.82 bits per heavy atom. The Morgan fingerprint density at radius 2 is 2.13 bits per heavy atom. The van der Waals surface area contributed by atoms with Gasteiger partial charge < -0.3 is 11.1 Å².